The number of oxazole rings is 1. The maximum Gasteiger partial charge on any atom is 0.417 e. The van der Waals surface area contributed by atoms with Gasteiger partial charge in [0.15, 0.2) is 5.58 Å². The normalized spacial score (nSPS) is 11.1. The first kappa shape index (κ1) is 8.96. The maximum atomic E-state index is 11.1. The van der Waals surface area contributed by atoms with E-state index in [9.17, 15) is 4.79 Å². The minimum atomic E-state index is -0.480. The van der Waals surface area contributed by atoms with Crippen LogP contribution in [0, 0.1) is 0 Å². The van der Waals surface area contributed by atoms with E-state index < -0.39 is 5.76 Å². The van der Waals surface area contributed by atoms with Crippen molar-refractivity contribution in [3.63, 3.8) is 0 Å². The van der Waals surface area contributed by atoms with Crippen LogP contribution in [0.5, 0.6) is 5.75 Å². The highest BCUT2D eigenvalue weighted by atomic mass is 16.5. The van der Waals surface area contributed by atoms with Gasteiger partial charge < -0.3 is 9.15 Å². The van der Waals surface area contributed by atoms with E-state index in [2.05, 4.69) is 9.97 Å². The monoisotopic (exact) mass is 216 g/mol. The number of hydrogen-bond acceptors (Lipinski definition) is 4. The van der Waals surface area contributed by atoms with Crippen molar-refractivity contribution in [2.75, 3.05) is 7.11 Å². The topological polar surface area (TPSA) is 68.1 Å². The minimum Gasteiger partial charge on any atom is -0.497 e. The number of ether oxygens (including phenoxy) is 1. The molecule has 0 spiro atoms. The number of methoxy groups -OCH3 is 1. The van der Waals surface area contributed by atoms with Crippen LogP contribution in [0.25, 0.3) is 22.0 Å². The number of aromatic amines is 1. The maximum absolute atomic E-state index is 11.1. The predicted molar refractivity (Wildman–Crippen MR) is 58.7 cm³/mol. The number of fused-ring (bicyclic) bond motifs is 3. The number of pyridine rings is 1. The zero-order valence-corrected chi connectivity index (χ0v) is 8.48. The van der Waals surface area contributed by atoms with Crippen LogP contribution in [0.1, 0.15) is 0 Å². The highest BCUT2D eigenvalue weighted by Gasteiger charge is 2.07. The standard InChI is InChI=1S/C11H8N2O3/c1-15-6-2-3-8-7(4-6)10-9(5-12-8)13-11(14)16-10/h2-5H,1H3,(H,13,14). The molecule has 0 bridgehead atoms. The molecule has 80 valence electrons. The van der Waals surface area contributed by atoms with Gasteiger partial charge in [0.1, 0.15) is 11.3 Å². The lowest BCUT2D eigenvalue weighted by molar-refractivity contribution is 0.415. The van der Waals surface area contributed by atoms with Crippen molar-refractivity contribution < 1.29 is 9.15 Å². The van der Waals surface area contributed by atoms with Gasteiger partial charge >= 0.3 is 5.76 Å². The van der Waals surface area contributed by atoms with E-state index in [1.54, 1.807) is 19.4 Å². The Balaban J connectivity index is 2.51. The van der Waals surface area contributed by atoms with E-state index in [1.165, 1.54) is 0 Å². The molecular weight excluding hydrogens is 208 g/mol. The van der Waals surface area contributed by atoms with Crippen LogP contribution < -0.4 is 10.5 Å². The summed E-state index contributed by atoms with van der Waals surface area (Å²) in [6.45, 7) is 0. The van der Waals surface area contributed by atoms with E-state index >= 15 is 0 Å². The number of nitrogens with zero attached hydrogens (tertiary/aromatic N) is 1. The Kier molecular flexibility index (Phi) is 1.73. The van der Waals surface area contributed by atoms with Crippen molar-refractivity contribution in [2.45, 2.75) is 0 Å². The van der Waals surface area contributed by atoms with E-state index in [0.717, 1.165) is 10.9 Å². The van der Waals surface area contributed by atoms with Crippen molar-refractivity contribution in [2.24, 2.45) is 0 Å². The molecule has 0 unspecified atom stereocenters. The van der Waals surface area contributed by atoms with Crippen LogP contribution in [-0.2, 0) is 0 Å². The van der Waals surface area contributed by atoms with Crippen molar-refractivity contribution in [1.29, 1.82) is 0 Å². The summed E-state index contributed by atoms with van der Waals surface area (Å²) < 4.78 is 10.2. The first-order valence-corrected chi connectivity index (χ1v) is 4.73. The second kappa shape index (κ2) is 3.10. The molecule has 16 heavy (non-hydrogen) atoms. The molecule has 3 rings (SSSR count). The largest absolute Gasteiger partial charge is 0.497 e. The van der Waals surface area contributed by atoms with Crippen LogP contribution in [0.3, 0.4) is 0 Å². The fraction of sp³-hybridized carbons (Fsp3) is 0.0909. The molecule has 3 aromatic rings. The molecule has 0 aliphatic heterocycles. The second-order valence-corrected chi connectivity index (χ2v) is 3.40. The van der Waals surface area contributed by atoms with E-state index in [1.807, 2.05) is 12.1 Å². The Morgan fingerprint density at radius 2 is 2.31 bits per heavy atom. The first-order chi connectivity index (χ1) is 7.78. The summed E-state index contributed by atoms with van der Waals surface area (Å²) in [5.74, 6) is 0.220. The van der Waals surface area contributed by atoms with E-state index in [4.69, 9.17) is 9.15 Å². The van der Waals surface area contributed by atoms with Gasteiger partial charge in [0, 0.05) is 5.39 Å². The molecule has 0 saturated heterocycles. The smallest absolute Gasteiger partial charge is 0.417 e. The van der Waals surface area contributed by atoms with Crippen LogP contribution in [-0.4, -0.2) is 17.1 Å². The van der Waals surface area contributed by atoms with Gasteiger partial charge in [-0.2, -0.15) is 0 Å². The lowest BCUT2D eigenvalue weighted by atomic mass is 10.2. The zero-order chi connectivity index (χ0) is 11.1. The highest BCUT2D eigenvalue weighted by Crippen LogP contribution is 2.25. The molecule has 0 saturated carbocycles. The number of aromatic nitrogens is 2. The van der Waals surface area contributed by atoms with Crippen molar-refractivity contribution in [1.82, 2.24) is 9.97 Å². The molecule has 5 nitrogen and oxygen atoms in total. The second-order valence-electron chi connectivity index (χ2n) is 3.40. The van der Waals surface area contributed by atoms with Gasteiger partial charge in [0.25, 0.3) is 0 Å². The molecular formula is C11H8N2O3. The Bertz CT molecular complexity index is 727. The number of H-pyrrole nitrogens is 1. The minimum absolute atomic E-state index is 0.480. The van der Waals surface area contributed by atoms with Crippen LogP contribution in [0.15, 0.2) is 33.6 Å². The van der Waals surface area contributed by atoms with Crippen molar-refractivity contribution >= 4 is 22.0 Å². The van der Waals surface area contributed by atoms with Gasteiger partial charge in [-0.05, 0) is 18.2 Å². The molecule has 0 aliphatic rings. The Labute approximate surface area is 89.7 Å². The predicted octanol–water partition coefficient (Wildman–Crippen LogP) is 1.68. The Hall–Kier alpha value is -2.30. The Morgan fingerprint density at radius 1 is 1.44 bits per heavy atom. The molecule has 0 amide bonds. The molecule has 2 aromatic heterocycles. The lowest BCUT2D eigenvalue weighted by Crippen LogP contribution is -1.92. The molecule has 2 heterocycles. The first-order valence-electron chi connectivity index (χ1n) is 4.73. The molecule has 5 heteroatoms. The third kappa shape index (κ3) is 1.18. The molecule has 0 fully saturated rings. The number of hydrogen-bond donors (Lipinski definition) is 1. The van der Waals surface area contributed by atoms with Crippen LogP contribution >= 0.6 is 0 Å². The number of benzene rings is 1. The quantitative estimate of drug-likeness (QED) is 0.671. The van der Waals surface area contributed by atoms with Gasteiger partial charge in [-0.25, -0.2) is 4.79 Å². The average molecular weight is 216 g/mol. The van der Waals surface area contributed by atoms with E-state index in [0.29, 0.717) is 16.8 Å². The zero-order valence-electron chi connectivity index (χ0n) is 8.48. The van der Waals surface area contributed by atoms with Gasteiger partial charge in [0.2, 0.25) is 0 Å². The van der Waals surface area contributed by atoms with Crippen molar-refractivity contribution in [3.8, 4) is 5.75 Å². The highest BCUT2D eigenvalue weighted by molar-refractivity contribution is 6.00. The molecule has 0 radical (unpaired) electrons. The third-order valence-corrected chi connectivity index (χ3v) is 2.46. The van der Waals surface area contributed by atoms with Crippen molar-refractivity contribution in [3.05, 3.63) is 34.9 Å². The van der Waals surface area contributed by atoms with Crippen LogP contribution in [0.2, 0.25) is 0 Å². The summed E-state index contributed by atoms with van der Waals surface area (Å²) in [5.41, 5.74) is 1.86. The summed E-state index contributed by atoms with van der Waals surface area (Å²) in [4.78, 5) is 17.9. The summed E-state index contributed by atoms with van der Waals surface area (Å²) in [6, 6.07) is 5.42. The van der Waals surface area contributed by atoms with Gasteiger partial charge in [-0.15, -0.1) is 0 Å². The fourth-order valence-electron chi connectivity index (χ4n) is 1.70. The van der Waals surface area contributed by atoms with Crippen LogP contribution in [0.4, 0.5) is 0 Å². The average Bonchev–Trinajstić information content (AvgIpc) is 2.69. The molecule has 1 N–H and O–H groups in total. The van der Waals surface area contributed by atoms with Gasteiger partial charge in [0.05, 0.1) is 18.8 Å². The van der Waals surface area contributed by atoms with Gasteiger partial charge in [-0.3, -0.25) is 9.97 Å². The number of nitrogens with one attached hydrogen (secondary N) is 1. The summed E-state index contributed by atoms with van der Waals surface area (Å²) >= 11 is 0. The van der Waals surface area contributed by atoms with Gasteiger partial charge in [-0.1, -0.05) is 0 Å². The Morgan fingerprint density at radius 3 is 3.12 bits per heavy atom. The molecule has 0 atom stereocenters. The lowest BCUT2D eigenvalue weighted by Gasteiger charge is -2.01. The molecule has 0 aliphatic carbocycles. The fourth-order valence-corrected chi connectivity index (χ4v) is 1.70. The summed E-state index contributed by atoms with van der Waals surface area (Å²) in [7, 11) is 1.59. The number of rotatable bonds is 1. The SMILES string of the molecule is COc1ccc2ncc3[nH]c(=O)oc3c2c1. The molecule has 1 aromatic carbocycles. The van der Waals surface area contributed by atoms with E-state index in [-0.39, 0.29) is 0 Å². The summed E-state index contributed by atoms with van der Waals surface area (Å²) in [5, 5.41) is 0.759. The third-order valence-electron chi connectivity index (χ3n) is 2.46. The summed E-state index contributed by atoms with van der Waals surface area (Å²) in [6.07, 6.45) is 1.58.